The summed E-state index contributed by atoms with van der Waals surface area (Å²) < 4.78 is 0. The number of nitrogens with zero attached hydrogens (tertiary/aromatic N) is 1. The van der Waals surface area contributed by atoms with E-state index >= 15 is 0 Å². The maximum Gasteiger partial charge on any atom is 0.0763 e. The lowest BCUT2D eigenvalue weighted by molar-refractivity contribution is -0.0175. The van der Waals surface area contributed by atoms with Crippen LogP contribution in [0.5, 0.6) is 0 Å². The van der Waals surface area contributed by atoms with Crippen LogP contribution < -0.4 is 0 Å². The molecule has 1 aliphatic rings. The van der Waals surface area contributed by atoms with Crippen molar-refractivity contribution in [3.8, 4) is 0 Å². The molecule has 0 heterocycles. The van der Waals surface area contributed by atoms with E-state index in [1.54, 1.807) is 0 Å². The second-order valence-electron chi connectivity index (χ2n) is 7.06. The lowest BCUT2D eigenvalue weighted by Gasteiger charge is -2.43. The molecule has 0 aliphatic heterocycles. The zero-order chi connectivity index (χ0) is 15.5. The normalized spacial score (nSPS) is 20.3. The Kier molecular flexibility index (Phi) is 5.45. The molecule has 2 heteroatoms. The van der Waals surface area contributed by atoms with Gasteiger partial charge in [0, 0.05) is 12.0 Å². The largest absolute Gasteiger partial charge is 0.391 e. The molecule has 1 unspecified atom stereocenters. The minimum atomic E-state index is -0.286. The van der Waals surface area contributed by atoms with E-state index in [1.807, 2.05) is 0 Å². The van der Waals surface area contributed by atoms with Crippen molar-refractivity contribution in [2.24, 2.45) is 0 Å². The van der Waals surface area contributed by atoms with E-state index in [2.05, 4.69) is 51.0 Å². The van der Waals surface area contributed by atoms with Crippen molar-refractivity contribution in [1.29, 1.82) is 0 Å². The summed E-state index contributed by atoms with van der Waals surface area (Å²) in [6, 6.07) is 6.56. The van der Waals surface area contributed by atoms with Gasteiger partial charge in [0.2, 0.25) is 0 Å². The highest BCUT2D eigenvalue weighted by Crippen LogP contribution is 2.35. The molecule has 1 aromatic rings. The smallest absolute Gasteiger partial charge is 0.0763 e. The van der Waals surface area contributed by atoms with Crippen molar-refractivity contribution in [3.63, 3.8) is 0 Å². The third kappa shape index (κ3) is 3.67. The minimum Gasteiger partial charge on any atom is -0.391 e. The van der Waals surface area contributed by atoms with Crippen LogP contribution in [0.25, 0.3) is 0 Å². The van der Waals surface area contributed by atoms with Crippen LogP contribution >= 0.6 is 0 Å². The number of benzene rings is 1. The fraction of sp³-hybridized carbons (Fsp3) is 0.684. The highest BCUT2D eigenvalue weighted by Gasteiger charge is 2.40. The number of aliphatic hydroxyl groups is 1. The Bertz CT molecular complexity index is 459. The number of likely N-dealkylation sites (N-methyl/N-ethyl adjacent to an activating group) is 1. The molecule has 1 fully saturated rings. The van der Waals surface area contributed by atoms with Crippen molar-refractivity contribution in [1.82, 2.24) is 4.90 Å². The molecule has 21 heavy (non-hydrogen) atoms. The van der Waals surface area contributed by atoms with E-state index in [4.69, 9.17) is 0 Å². The Hall–Kier alpha value is -0.860. The van der Waals surface area contributed by atoms with Gasteiger partial charge >= 0.3 is 0 Å². The molecule has 1 aliphatic carbocycles. The van der Waals surface area contributed by atoms with E-state index in [9.17, 15) is 5.11 Å². The first kappa shape index (κ1) is 16.5. The Labute approximate surface area is 130 Å². The van der Waals surface area contributed by atoms with Crippen molar-refractivity contribution in [2.45, 2.75) is 70.4 Å². The van der Waals surface area contributed by atoms with E-state index in [1.165, 1.54) is 42.4 Å². The summed E-state index contributed by atoms with van der Waals surface area (Å²) in [6.07, 6.45) is 7.82. The summed E-state index contributed by atoms with van der Waals surface area (Å²) in [5.74, 6) is 0. The van der Waals surface area contributed by atoms with Gasteiger partial charge in [0.05, 0.1) is 6.10 Å². The van der Waals surface area contributed by atoms with Gasteiger partial charge in [0.1, 0.15) is 0 Å². The Balaban J connectivity index is 2.22. The average Bonchev–Trinajstić information content (AvgIpc) is 2.69. The van der Waals surface area contributed by atoms with Gasteiger partial charge in [-0.25, -0.2) is 0 Å². The molecule has 0 radical (unpaired) electrons. The van der Waals surface area contributed by atoms with Crippen LogP contribution in [-0.2, 0) is 6.42 Å². The van der Waals surface area contributed by atoms with Crippen LogP contribution in [0, 0.1) is 13.8 Å². The van der Waals surface area contributed by atoms with Crippen LogP contribution in [0.2, 0.25) is 0 Å². The van der Waals surface area contributed by atoms with Crippen molar-refractivity contribution >= 4 is 0 Å². The number of hydrogen-bond donors (Lipinski definition) is 1. The fourth-order valence-electron chi connectivity index (χ4n) is 3.84. The number of aryl methyl sites for hydroxylation is 2. The standard InChI is InChI=1S/C19H31NO/c1-15-9-10-16(2)17(13-15)14-18(21)19(20(3)4)11-7-5-6-8-12-19/h9-10,13,18,21H,5-8,11-12,14H2,1-4H3. The van der Waals surface area contributed by atoms with E-state index in [0.717, 1.165) is 19.3 Å². The molecule has 0 saturated heterocycles. The third-order valence-corrected chi connectivity index (χ3v) is 5.40. The summed E-state index contributed by atoms with van der Waals surface area (Å²) >= 11 is 0. The highest BCUT2D eigenvalue weighted by atomic mass is 16.3. The van der Waals surface area contributed by atoms with Gasteiger partial charge in [-0.3, -0.25) is 0 Å². The van der Waals surface area contributed by atoms with Gasteiger partial charge in [0.15, 0.2) is 0 Å². The van der Waals surface area contributed by atoms with Crippen molar-refractivity contribution < 1.29 is 5.11 Å². The first-order valence-corrected chi connectivity index (χ1v) is 8.37. The van der Waals surface area contributed by atoms with Crippen molar-refractivity contribution in [3.05, 3.63) is 34.9 Å². The van der Waals surface area contributed by atoms with Gasteiger partial charge in [-0.15, -0.1) is 0 Å². The fourth-order valence-corrected chi connectivity index (χ4v) is 3.84. The summed E-state index contributed by atoms with van der Waals surface area (Å²) in [5, 5.41) is 11.0. The van der Waals surface area contributed by atoms with E-state index in [-0.39, 0.29) is 11.6 Å². The lowest BCUT2D eigenvalue weighted by atomic mass is 9.80. The molecule has 1 saturated carbocycles. The number of aliphatic hydroxyl groups excluding tert-OH is 1. The predicted octanol–water partition coefficient (Wildman–Crippen LogP) is 3.86. The molecule has 1 aromatic carbocycles. The quantitative estimate of drug-likeness (QED) is 0.851. The second-order valence-corrected chi connectivity index (χ2v) is 7.06. The van der Waals surface area contributed by atoms with E-state index < -0.39 is 0 Å². The van der Waals surface area contributed by atoms with E-state index in [0.29, 0.717) is 0 Å². The minimum absolute atomic E-state index is 0.0489. The van der Waals surface area contributed by atoms with Crippen LogP contribution in [0.15, 0.2) is 18.2 Å². The monoisotopic (exact) mass is 289 g/mol. The maximum atomic E-state index is 11.0. The maximum absolute atomic E-state index is 11.0. The van der Waals surface area contributed by atoms with Crippen molar-refractivity contribution in [2.75, 3.05) is 14.1 Å². The summed E-state index contributed by atoms with van der Waals surface area (Å²) in [6.45, 7) is 4.28. The molecule has 1 N–H and O–H groups in total. The summed E-state index contributed by atoms with van der Waals surface area (Å²) in [4.78, 5) is 2.29. The molecule has 2 nitrogen and oxygen atoms in total. The zero-order valence-corrected chi connectivity index (χ0v) is 14.2. The average molecular weight is 289 g/mol. The predicted molar refractivity (Wildman–Crippen MR) is 89.7 cm³/mol. The van der Waals surface area contributed by atoms with Crippen LogP contribution in [-0.4, -0.2) is 35.7 Å². The third-order valence-electron chi connectivity index (χ3n) is 5.40. The first-order chi connectivity index (χ1) is 9.95. The molecule has 0 spiro atoms. The second kappa shape index (κ2) is 6.93. The molecule has 0 bridgehead atoms. The lowest BCUT2D eigenvalue weighted by Crippen LogP contribution is -2.54. The Morgan fingerprint density at radius 1 is 1.10 bits per heavy atom. The summed E-state index contributed by atoms with van der Waals surface area (Å²) in [5.41, 5.74) is 3.82. The summed E-state index contributed by atoms with van der Waals surface area (Å²) in [7, 11) is 4.27. The number of rotatable bonds is 4. The van der Waals surface area contributed by atoms with Gasteiger partial charge in [-0.1, -0.05) is 49.4 Å². The highest BCUT2D eigenvalue weighted by molar-refractivity contribution is 5.31. The molecule has 1 atom stereocenters. The first-order valence-electron chi connectivity index (χ1n) is 8.37. The zero-order valence-electron chi connectivity index (χ0n) is 14.2. The molecule has 118 valence electrons. The van der Waals surface area contributed by atoms with Gasteiger partial charge in [0.25, 0.3) is 0 Å². The molecular weight excluding hydrogens is 258 g/mol. The Morgan fingerprint density at radius 3 is 2.29 bits per heavy atom. The Morgan fingerprint density at radius 2 is 1.71 bits per heavy atom. The van der Waals surface area contributed by atoms with Crippen LogP contribution in [0.4, 0.5) is 0 Å². The van der Waals surface area contributed by atoms with Crippen LogP contribution in [0.3, 0.4) is 0 Å². The molecule has 0 amide bonds. The molecular formula is C19H31NO. The topological polar surface area (TPSA) is 23.5 Å². The van der Waals surface area contributed by atoms with Gasteiger partial charge in [-0.2, -0.15) is 0 Å². The van der Waals surface area contributed by atoms with Gasteiger partial charge in [-0.05, 0) is 51.9 Å². The van der Waals surface area contributed by atoms with Gasteiger partial charge < -0.3 is 10.0 Å². The number of hydrogen-bond acceptors (Lipinski definition) is 2. The van der Waals surface area contributed by atoms with Crippen LogP contribution in [0.1, 0.15) is 55.2 Å². The molecule has 2 rings (SSSR count). The molecule has 0 aromatic heterocycles. The SMILES string of the molecule is Cc1ccc(C)c(CC(O)C2(N(C)C)CCCCCC2)c1.